The minimum Gasteiger partial charge on any atom is -0.315 e. The second kappa shape index (κ2) is 3.99. The zero-order valence-electron chi connectivity index (χ0n) is 7.00. The van der Waals surface area contributed by atoms with Crippen LogP contribution in [0.5, 0.6) is 0 Å². The fraction of sp³-hybridized carbons (Fsp3) is 0.167. The fourth-order valence-corrected chi connectivity index (χ4v) is 2.86. The number of H-pyrrole nitrogens is 1. The number of rotatable bonds is 2. The van der Waals surface area contributed by atoms with Crippen LogP contribution in [0, 0.1) is 0 Å². The average Bonchev–Trinajstić information content (AvgIpc) is 1.99. The summed E-state index contributed by atoms with van der Waals surface area (Å²) < 4.78 is 46.4. The van der Waals surface area contributed by atoms with E-state index in [2.05, 4.69) is 15.9 Å². The average molecular weight is 303 g/mol. The van der Waals surface area contributed by atoms with Crippen LogP contribution >= 0.6 is 15.9 Å². The largest absolute Gasteiger partial charge is 0.315 e. The predicted molar refractivity (Wildman–Crippen MR) is 51.1 cm³/mol. The highest BCUT2D eigenvalue weighted by Gasteiger charge is 2.24. The second-order valence-electron chi connectivity index (χ2n) is 2.58. The first-order valence-electron chi connectivity index (χ1n) is 3.47. The molecule has 0 aliphatic carbocycles. The van der Waals surface area contributed by atoms with E-state index in [0.29, 0.717) is 6.07 Å². The van der Waals surface area contributed by atoms with E-state index in [4.69, 9.17) is 5.14 Å². The van der Waals surface area contributed by atoms with Crippen LogP contribution in [0.2, 0.25) is 0 Å². The number of nitrogens with one attached hydrogen (secondary N) is 1. The van der Waals surface area contributed by atoms with Crippen molar-refractivity contribution in [2.45, 2.75) is 11.3 Å². The Balaban J connectivity index is 3.70. The zero-order chi connectivity index (χ0) is 11.8. The standard InChI is InChI=1S/C6H5BrF2N2O3S/c7-5-4(15(10,13)14)2(6(8)9)1-3(12)11-5/h1,6H,(H,11,12)(H2,10,13,14). The SMILES string of the molecule is NS(=O)(=O)c1c(C(F)F)cc(=O)[nH]c1Br. The van der Waals surface area contributed by atoms with Gasteiger partial charge in [0.05, 0.1) is 0 Å². The van der Waals surface area contributed by atoms with Crippen molar-refractivity contribution in [1.82, 2.24) is 4.98 Å². The van der Waals surface area contributed by atoms with Gasteiger partial charge in [0.2, 0.25) is 15.6 Å². The first kappa shape index (κ1) is 12.3. The molecule has 9 heteroatoms. The Morgan fingerprint density at radius 3 is 2.40 bits per heavy atom. The van der Waals surface area contributed by atoms with Crippen molar-refractivity contribution in [2.24, 2.45) is 5.14 Å². The molecular formula is C6H5BrF2N2O3S. The smallest absolute Gasteiger partial charge is 0.265 e. The van der Waals surface area contributed by atoms with Gasteiger partial charge in [0.25, 0.3) is 6.43 Å². The number of hydrogen-bond acceptors (Lipinski definition) is 3. The Morgan fingerprint density at radius 2 is 2.00 bits per heavy atom. The van der Waals surface area contributed by atoms with Gasteiger partial charge in [-0.05, 0) is 15.9 Å². The van der Waals surface area contributed by atoms with Crippen molar-refractivity contribution >= 4 is 26.0 Å². The molecule has 84 valence electrons. The molecule has 0 bridgehead atoms. The molecule has 0 amide bonds. The number of alkyl halides is 2. The molecule has 0 radical (unpaired) electrons. The summed E-state index contributed by atoms with van der Waals surface area (Å²) in [6.07, 6.45) is -3.10. The maximum atomic E-state index is 12.4. The molecule has 0 aliphatic heterocycles. The number of primary sulfonamides is 1. The third-order valence-corrected chi connectivity index (χ3v) is 3.37. The minimum atomic E-state index is -4.32. The zero-order valence-corrected chi connectivity index (χ0v) is 9.40. The fourth-order valence-electron chi connectivity index (χ4n) is 0.986. The summed E-state index contributed by atoms with van der Waals surface area (Å²) in [6, 6.07) is 0.495. The lowest BCUT2D eigenvalue weighted by atomic mass is 10.3. The van der Waals surface area contributed by atoms with E-state index in [1.165, 1.54) is 0 Å². The van der Waals surface area contributed by atoms with Crippen molar-refractivity contribution in [3.8, 4) is 0 Å². The molecule has 1 heterocycles. The van der Waals surface area contributed by atoms with Crippen molar-refractivity contribution in [1.29, 1.82) is 0 Å². The van der Waals surface area contributed by atoms with Gasteiger partial charge in [-0.2, -0.15) is 0 Å². The monoisotopic (exact) mass is 302 g/mol. The van der Waals surface area contributed by atoms with Crippen molar-refractivity contribution < 1.29 is 17.2 Å². The third-order valence-electron chi connectivity index (χ3n) is 1.50. The molecule has 3 N–H and O–H groups in total. The van der Waals surface area contributed by atoms with Crippen LogP contribution < -0.4 is 10.7 Å². The van der Waals surface area contributed by atoms with Crippen LogP contribution in [0.3, 0.4) is 0 Å². The van der Waals surface area contributed by atoms with E-state index in [9.17, 15) is 22.0 Å². The molecule has 0 spiro atoms. The molecule has 0 saturated carbocycles. The van der Waals surface area contributed by atoms with Gasteiger partial charge in [-0.1, -0.05) is 0 Å². The summed E-state index contributed by atoms with van der Waals surface area (Å²) in [5, 5.41) is 4.73. The van der Waals surface area contributed by atoms with E-state index < -0.39 is 32.5 Å². The third kappa shape index (κ3) is 2.61. The summed E-state index contributed by atoms with van der Waals surface area (Å²) in [4.78, 5) is 12.0. The molecule has 1 rings (SSSR count). The summed E-state index contributed by atoms with van der Waals surface area (Å²) in [5.74, 6) is 0. The maximum absolute atomic E-state index is 12.4. The Morgan fingerprint density at radius 1 is 1.47 bits per heavy atom. The first-order valence-corrected chi connectivity index (χ1v) is 5.81. The number of nitrogens with two attached hydrogens (primary N) is 1. The molecule has 1 aromatic rings. The Kier molecular flexibility index (Phi) is 3.26. The van der Waals surface area contributed by atoms with Crippen LogP contribution in [0.4, 0.5) is 8.78 Å². The van der Waals surface area contributed by atoms with Crippen molar-refractivity contribution in [3.63, 3.8) is 0 Å². The Hall–Kier alpha value is -0.800. The molecule has 0 aliphatic rings. The summed E-state index contributed by atoms with van der Waals surface area (Å²) in [7, 11) is -4.32. The predicted octanol–water partition coefficient (Wildman–Crippen LogP) is 0.722. The van der Waals surface area contributed by atoms with E-state index in [-0.39, 0.29) is 4.60 Å². The molecular weight excluding hydrogens is 298 g/mol. The number of hydrogen-bond donors (Lipinski definition) is 2. The van der Waals surface area contributed by atoms with E-state index in [1.54, 1.807) is 0 Å². The normalized spacial score (nSPS) is 12.1. The molecule has 15 heavy (non-hydrogen) atoms. The van der Waals surface area contributed by atoms with Crippen LogP contribution in [0.15, 0.2) is 20.4 Å². The number of aromatic amines is 1. The van der Waals surface area contributed by atoms with Gasteiger partial charge in [0.15, 0.2) is 0 Å². The molecule has 0 atom stereocenters. The van der Waals surface area contributed by atoms with E-state index in [0.717, 1.165) is 0 Å². The van der Waals surface area contributed by atoms with E-state index in [1.807, 2.05) is 4.98 Å². The van der Waals surface area contributed by atoms with E-state index >= 15 is 0 Å². The molecule has 5 nitrogen and oxygen atoms in total. The molecule has 0 aromatic carbocycles. The minimum absolute atomic E-state index is 0.382. The molecule has 1 aromatic heterocycles. The highest BCUT2D eigenvalue weighted by atomic mass is 79.9. The lowest BCUT2D eigenvalue weighted by Gasteiger charge is -2.07. The van der Waals surface area contributed by atoms with Crippen LogP contribution in [0.25, 0.3) is 0 Å². The van der Waals surface area contributed by atoms with Gasteiger partial charge in [-0.25, -0.2) is 22.3 Å². The van der Waals surface area contributed by atoms with Gasteiger partial charge in [0.1, 0.15) is 9.50 Å². The molecule has 0 saturated heterocycles. The second-order valence-corrected chi connectivity index (χ2v) is 4.87. The van der Waals surface area contributed by atoms with Gasteiger partial charge in [-0.3, -0.25) is 4.79 Å². The quantitative estimate of drug-likeness (QED) is 0.788. The highest BCUT2D eigenvalue weighted by molar-refractivity contribution is 9.10. The van der Waals surface area contributed by atoms with Crippen LogP contribution in [-0.4, -0.2) is 13.4 Å². The number of pyridine rings is 1. The lowest BCUT2D eigenvalue weighted by molar-refractivity contribution is 0.147. The van der Waals surface area contributed by atoms with Crippen LogP contribution in [-0.2, 0) is 10.0 Å². The van der Waals surface area contributed by atoms with Gasteiger partial charge in [-0.15, -0.1) is 0 Å². The maximum Gasteiger partial charge on any atom is 0.265 e. The van der Waals surface area contributed by atoms with Gasteiger partial charge >= 0.3 is 0 Å². The van der Waals surface area contributed by atoms with Crippen LogP contribution in [0.1, 0.15) is 12.0 Å². The summed E-state index contributed by atoms with van der Waals surface area (Å²) in [5.41, 5.74) is -1.77. The first-order chi connectivity index (χ1) is 6.73. The number of sulfonamides is 1. The topological polar surface area (TPSA) is 93.0 Å². The van der Waals surface area contributed by atoms with Crippen molar-refractivity contribution in [2.75, 3.05) is 0 Å². The Labute approximate surface area is 91.5 Å². The lowest BCUT2D eigenvalue weighted by Crippen LogP contribution is -2.19. The van der Waals surface area contributed by atoms with Gasteiger partial charge < -0.3 is 4.98 Å². The number of aromatic nitrogens is 1. The number of halogens is 3. The highest BCUT2D eigenvalue weighted by Crippen LogP contribution is 2.28. The van der Waals surface area contributed by atoms with Crippen molar-refractivity contribution in [3.05, 3.63) is 26.6 Å². The summed E-state index contributed by atoms with van der Waals surface area (Å²) in [6.45, 7) is 0. The molecule has 0 unspecified atom stereocenters. The Bertz CT molecular complexity index is 540. The van der Waals surface area contributed by atoms with Gasteiger partial charge in [0, 0.05) is 11.6 Å². The molecule has 0 fully saturated rings. The summed E-state index contributed by atoms with van der Waals surface area (Å²) >= 11 is 2.65.